The van der Waals surface area contributed by atoms with E-state index in [1.165, 1.54) is 0 Å². The molecule has 13 heavy (non-hydrogen) atoms. The van der Waals surface area contributed by atoms with Crippen LogP contribution in [0.25, 0.3) is 0 Å². The number of hydrogen-bond acceptors (Lipinski definition) is 2. The molecule has 0 heterocycles. The van der Waals surface area contributed by atoms with Crippen molar-refractivity contribution in [2.24, 2.45) is 0 Å². The zero-order valence-corrected chi connectivity index (χ0v) is 13.6. The summed E-state index contributed by atoms with van der Waals surface area (Å²) in [6.45, 7) is 3.39. The summed E-state index contributed by atoms with van der Waals surface area (Å²) in [5.41, 5.74) is 0. The van der Waals surface area contributed by atoms with Crippen LogP contribution in [0, 0.1) is 0 Å². The number of thiol groups is 1. The van der Waals surface area contributed by atoms with Crippen LogP contribution >= 0.6 is 31.4 Å². The molecular weight excluding hydrogens is 250 g/mol. The van der Waals surface area contributed by atoms with E-state index >= 15 is 0 Å². The number of rotatable bonds is 1. The van der Waals surface area contributed by atoms with Crippen molar-refractivity contribution in [1.29, 1.82) is 0 Å². The molecule has 0 radical (unpaired) electrons. The van der Waals surface area contributed by atoms with Gasteiger partial charge in [0.2, 0.25) is 0 Å². The van der Waals surface area contributed by atoms with Gasteiger partial charge in [-0.1, -0.05) is 17.7 Å². The molecule has 0 aliphatic rings. The molecule has 0 aromatic heterocycles. The van der Waals surface area contributed by atoms with Gasteiger partial charge in [-0.2, -0.15) is 0 Å². The Morgan fingerprint density at radius 2 is 2.00 bits per heavy atom. The van der Waals surface area contributed by atoms with Gasteiger partial charge in [-0.15, -0.1) is 12.6 Å². The van der Waals surface area contributed by atoms with Crippen LogP contribution in [0.2, 0.25) is 5.02 Å². The van der Waals surface area contributed by atoms with Gasteiger partial charge in [-0.3, -0.25) is 0 Å². The second kappa shape index (κ2) is 5.71. The zero-order valence-electron chi connectivity index (χ0n) is 8.91. The van der Waals surface area contributed by atoms with Crippen LogP contribution in [0.1, 0.15) is 1.43 Å². The van der Waals surface area contributed by atoms with Gasteiger partial charge in [0.1, 0.15) is 7.14 Å². The third-order valence-electron chi connectivity index (χ3n) is 1.54. The van der Waals surface area contributed by atoms with Crippen LogP contribution in [0.3, 0.4) is 0 Å². The maximum absolute atomic E-state index is 11.7. The average molecular weight is 261 g/mol. The van der Waals surface area contributed by atoms with E-state index in [1.807, 2.05) is 6.07 Å². The van der Waals surface area contributed by atoms with Crippen molar-refractivity contribution in [3.8, 4) is 0 Å². The average Bonchev–Trinajstić information content (AvgIpc) is 1.92. The van der Waals surface area contributed by atoms with Gasteiger partial charge in [0.25, 0.3) is 0 Å². The molecule has 5 heteroatoms. The van der Waals surface area contributed by atoms with Crippen LogP contribution in [0.15, 0.2) is 23.1 Å². The molecule has 0 bridgehead atoms. The van der Waals surface area contributed by atoms with Gasteiger partial charge in [0, 0.05) is 10.2 Å². The predicted octanol–water partition coefficient (Wildman–Crippen LogP) is -0.00680. The molecule has 0 aliphatic heterocycles. The van der Waals surface area contributed by atoms with Gasteiger partial charge in [0.15, 0.2) is 0 Å². The first kappa shape index (κ1) is 14.7. The van der Waals surface area contributed by atoms with Crippen molar-refractivity contribution in [2.45, 2.75) is 4.90 Å². The summed E-state index contributed by atoms with van der Waals surface area (Å²) in [6.07, 6.45) is 0. The van der Waals surface area contributed by atoms with Crippen LogP contribution in [-0.2, 0) is 4.57 Å². The minimum Gasteiger partial charge on any atom is -1.00 e. The van der Waals surface area contributed by atoms with E-state index in [4.69, 9.17) is 11.6 Å². The second-order valence-corrected chi connectivity index (χ2v) is 7.00. The fraction of sp³-hybridized carbons (Fsp3) is 0.250. The van der Waals surface area contributed by atoms with Gasteiger partial charge in [0.05, 0.1) is 5.02 Å². The van der Waals surface area contributed by atoms with Crippen LogP contribution in [-0.4, -0.2) is 13.3 Å². The Balaban J connectivity index is 0. The fourth-order valence-electron chi connectivity index (χ4n) is 0.924. The Hall–Kier alpha value is 1.73. The molecule has 68 valence electrons. The van der Waals surface area contributed by atoms with Gasteiger partial charge >= 0.3 is 51.4 Å². The number of halogens is 1. The van der Waals surface area contributed by atoms with E-state index in [1.54, 1.807) is 25.5 Å². The summed E-state index contributed by atoms with van der Waals surface area (Å²) in [5, 5.41) is 1.21. The van der Waals surface area contributed by atoms with E-state index in [9.17, 15) is 4.57 Å². The SMILES string of the molecule is CP(C)(=O)c1cccc(S)c1Cl.[H-].[K+]. The molecule has 1 rings (SSSR count). The molecule has 0 spiro atoms. The third-order valence-corrected chi connectivity index (χ3v) is 4.11. The van der Waals surface area contributed by atoms with Gasteiger partial charge in [-0.05, 0) is 25.5 Å². The van der Waals surface area contributed by atoms with Crippen LogP contribution in [0.5, 0.6) is 0 Å². The van der Waals surface area contributed by atoms with Crippen molar-refractivity contribution < 1.29 is 57.4 Å². The first-order valence-corrected chi connectivity index (χ1v) is 6.88. The van der Waals surface area contributed by atoms with Crippen molar-refractivity contribution in [3.63, 3.8) is 0 Å². The second-order valence-electron chi connectivity index (χ2n) is 2.96. The Morgan fingerprint density at radius 3 is 2.38 bits per heavy atom. The van der Waals surface area contributed by atoms with Crippen LogP contribution < -0.4 is 56.7 Å². The van der Waals surface area contributed by atoms with Gasteiger partial charge < -0.3 is 5.99 Å². The molecule has 1 aromatic rings. The fourth-order valence-corrected chi connectivity index (χ4v) is 2.99. The molecule has 0 unspecified atom stereocenters. The number of benzene rings is 1. The molecule has 0 aliphatic carbocycles. The molecule has 0 saturated carbocycles. The van der Waals surface area contributed by atoms with Crippen molar-refractivity contribution >= 4 is 36.7 Å². The molecular formula is C8H11ClKOPS. The summed E-state index contributed by atoms with van der Waals surface area (Å²) in [4.78, 5) is 0.679. The standard InChI is InChI=1S/C8H10ClOPS.K.H/c1-11(2,10)6-4-3-5-7(12)8(6)9;;/h3-5,12H,1-2H3;;/q;+1;-1. The van der Waals surface area contributed by atoms with E-state index in [-0.39, 0.29) is 52.8 Å². The third kappa shape index (κ3) is 4.00. The zero-order chi connectivity index (χ0) is 9.35. The molecule has 1 nitrogen and oxygen atoms in total. The predicted molar refractivity (Wildman–Crippen MR) is 58.9 cm³/mol. The summed E-state index contributed by atoms with van der Waals surface area (Å²) in [5.74, 6) is 0. The maximum Gasteiger partial charge on any atom is 1.00 e. The maximum atomic E-state index is 11.7. The summed E-state index contributed by atoms with van der Waals surface area (Å²) < 4.78 is 11.7. The van der Waals surface area contributed by atoms with E-state index in [2.05, 4.69) is 12.6 Å². The Labute approximate surface area is 133 Å². The van der Waals surface area contributed by atoms with Crippen molar-refractivity contribution in [1.82, 2.24) is 0 Å². The summed E-state index contributed by atoms with van der Waals surface area (Å²) in [6, 6.07) is 5.37. The minimum atomic E-state index is -2.26. The topological polar surface area (TPSA) is 17.1 Å². The molecule has 0 amide bonds. The molecule has 0 saturated heterocycles. The number of hydrogen-bond donors (Lipinski definition) is 1. The van der Waals surface area contributed by atoms with Crippen LogP contribution in [0.4, 0.5) is 0 Å². The quantitative estimate of drug-likeness (QED) is 0.427. The van der Waals surface area contributed by atoms with E-state index < -0.39 is 7.14 Å². The Bertz CT molecular complexity index is 355. The summed E-state index contributed by atoms with van der Waals surface area (Å²) >= 11 is 10.1. The minimum absolute atomic E-state index is 0. The van der Waals surface area contributed by atoms with Crippen molar-refractivity contribution in [2.75, 3.05) is 13.3 Å². The molecule has 0 N–H and O–H groups in total. The molecule has 0 atom stereocenters. The van der Waals surface area contributed by atoms with E-state index in [0.29, 0.717) is 15.2 Å². The van der Waals surface area contributed by atoms with Gasteiger partial charge in [-0.25, -0.2) is 0 Å². The first-order chi connectivity index (χ1) is 5.43. The molecule has 0 fully saturated rings. The monoisotopic (exact) mass is 260 g/mol. The van der Waals surface area contributed by atoms with Crippen molar-refractivity contribution in [3.05, 3.63) is 23.2 Å². The summed E-state index contributed by atoms with van der Waals surface area (Å²) in [7, 11) is -2.26. The smallest absolute Gasteiger partial charge is 1.00 e. The first-order valence-electron chi connectivity index (χ1n) is 3.46. The Morgan fingerprint density at radius 1 is 1.46 bits per heavy atom. The normalized spacial score (nSPS) is 10.8. The molecule has 1 aromatic carbocycles. The largest absolute Gasteiger partial charge is 1.00 e. The Kier molecular flexibility index (Phi) is 6.47. The van der Waals surface area contributed by atoms with E-state index in [0.717, 1.165) is 0 Å².